The predicted molar refractivity (Wildman–Crippen MR) is 84.5 cm³/mol. The van der Waals surface area contributed by atoms with Crippen LogP contribution >= 0.6 is 0 Å². The highest BCUT2D eigenvalue weighted by molar-refractivity contribution is 5.90. The van der Waals surface area contributed by atoms with Crippen LogP contribution in [-0.4, -0.2) is 17.0 Å². The highest BCUT2D eigenvalue weighted by Gasteiger charge is 2.29. The first kappa shape index (κ1) is 17.2. The van der Waals surface area contributed by atoms with E-state index in [1.807, 2.05) is 0 Å². The number of carbonyl (C=O) groups excluding carboxylic acids is 1. The van der Waals surface area contributed by atoms with Gasteiger partial charge in [0.2, 0.25) is 5.91 Å². The molecule has 0 saturated heterocycles. The van der Waals surface area contributed by atoms with Gasteiger partial charge in [-0.15, -0.1) is 0 Å². The van der Waals surface area contributed by atoms with Gasteiger partial charge in [0.1, 0.15) is 0 Å². The van der Waals surface area contributed by atoms with E-state index in [0.29, 0.717) is 12.1 Å². The van der Waals surface area contributed by atoms with E-state index in [1.165, 1.54) is 0 Å². The molecule has 4 heteroatoms. The lowest BCUT2D eigenvalue weighted by Crippen LogP contribution is -2.28. The van der Waals surface area contributed by atoms with E-state index in [9.17, 15) is 14.7 Å². The number of nitrogens with one attached hydrogen (secondary N) is 1. The van der Waals surface area contributed by atoms with Crippen molar-refractivity contribution in [1.29, 1.82) is 0 Å². The van der Waals surface area contributed by atoms with Crippen LogP contribution in [0.15, 0.2) is 24.3 Å². The molecule has 4 nitrogen and oxygen atoms in total. The molecule has 0 aliphatic heterocycles. The van der Waals surface area contributed by atoms with Gasteiger partial charge in [0.25, 0.3) is 0 Å². The lowest BCUT2D eigenvalue weighted by Gasteiger charge is -2.19. The molecule has 0 atom stereocenters. The molecule has 1 aromatic carbocycles. The summed E-state index contributed by atoms with van der Waals surface area (Å²) in [5, 5.41) is 12.0. The Morgan fingerprint density at radius 1 is 1.10 bits per heavy atom. The summed E-state index contributed by atoms with van der Waals surface area (Å²) in [4.78, 5) is 22.9. The van der Waals surface area contributed by atoms with Gasteiger partial charge in [0, 0.05) is 12.1 Å². The van der Waals surface area contributed by atoms with Gasteiger partial charge in [-0.3, -0.25) is 9.59 Å². The summed E-state index contributed by atoms with van der Waals surface area (Å²) >= 11 is 0. The van der Waals surface area contributed by atoms with E-state index in [2.05, 4.69) is 12.2 Å². The van der Waals surface area contributed by atoms with Crippen LogP contribution in [0, 0.1) is 0 Å². The van der Waals surface area contributed by atoms with Gasteiger partial charge in [-0.25, -0.2) is 0 Å². The molecule has 0 fully saturated rings. The van der Waals surface area contributed by atoms with E-state index in [1.54, 1.807) is 38.1 Å². The van der Waals surface area contributed by atoms with Crippen LogP contribution in [0.5, 0.6) is 0 Å². The molecule has 0 aliphatic rings. The second kappa shape index (κ2) is 7.81. The first-order valence-corrected chi connectivity index (χ1v) is 7.51. The Morgan fingerprint density at radius 2 is 1.71 bits per heavy atom. The number of carbonyl (C=O) groups is 2. The highest BCUT2D eigenvalue weighted by Crippen LogP contribution is 2.24. The van der Waals surface area contributed by atoms with Gasteiger partial charge in [0.15, 0.2) is 0 Å². The second-order valence-electron chi connectivity index (χ2n) is 5.87. The number of carboxylic acid groups (broad SMARTS) is 1. The van der Waals surface area contributed by atoms with Crippen molar-refractivity contribution < 1.29 is 14.7 Å². The Hall–Kier alpha value is -1.84. The smallest absolute Gasteiger partial charge is 0.313 e. The van der Waals surface area contributed by atoms with Gasteiger partial charge in [0.05, 0.1) is 5.41 Å². The largest absolute Gasteiger partial charge is 0.481 e. The number of aliphatic carboxylic acids is 1. The van der Waals surface area contributed by atoms with E-state index in [-0.39, 0.29) is 5.91 Å². The lowest BCUT2D eigenvalue weighted by atomic mass is 9.85. The molecule has 0 heterocycles. The molecule has 21 heavy (non-hydrogen) atoms. The Bertz CT molecular complexity index is 477. The lowest BCUT2D eigenvalue weighted by molar-refractivity contribution is -0.142. The number of unbranched alkanes of at least 4 members (excludes halogenated alkanes) is 3. The molecular weight excluding hydrogens is 266 g/mol. The summed E-state index contributed by atoms with van der Waals surface area (Å²) in [6, 6.07) is 7.01. The number of amides is 1. The van der Waals surface area contributed by atoms with Crippen LogP contribution in [0.2, 0.25) is 0 Å². The zero-order valence-electron chi connectivity index (χ0n) is 13.1. The molecule has 1 aromatic rings. The molecular formula is C17H25NO3. The Labute approximate surface area is 126 Å². The SMILES string of the molecule is CCCCCCC(=O)Nc1ccc(C(C)(C)C(=O)O)cc1. The van der Waals surface area contributed by atoms with Gasteiger partial charge in [-0.2, -0.15) is 0 Å². The van der Waals surface area contributed by atoms with E-state index in [4.69, 9.17) is 0 Å². The third kappa shape index (κ3) is 5.21. The van der Waals surface area contributed by atoms with Crippen molar-refractivity contribution in [2.75, 3.05) is 5.32 Å². The zero-order chi connectivity index (χ0) is 15.9. The van der Waals surface area contributed by atoms with Crippen LogP contribution < -0.4 is 5.32 Å². The number of benzene rings is 1. The third-order valence-electron chi connectivity index (χ3n) is 3.68. The molecule has 0 unspecified atom stereocenters. The van der Waals surface area contributed by atoms with E-state index in [0.717, 1.165) is 31.2 Å². The summed E-state index contributed by atoms with van der Waals surface area (Å²) in [6.45, 7) is 5.47. The maximum Gasteiger partial charge on any atom is 0.313 e. The molecule has 0 saturated carbocycles. The van der Waals surface area contributed by atoms with Gasteiger partial charge in [-0.05, 0) is 38.0 Å². The minimum absolute atomic E-state index is 0.0105. The topological polar surface area (TPSA) is 66.4 Å². The fourth-order valence-electron chi connectivity index (χ4n) is 2.03. The van der Waals surface area contributed by atoms with E-state index >= 15 is 0 Å². The van der Waals surface area contributed by atoms with Crippen LogP contribution in [0.3, 0.4) is 0 Å². The molecule has 0 aliphatic carbocycles. The molecule has 0 radical (unpaired) electrons. The van der Waals surface area contributed by atoms with Crippen molar-refractivity contribution in [1.82, 2.24) is 0 Å². The molecule has 1 amide bonds. The first-order chi connectivity index (χ1) is 9.87. The van der Waals surface area contributed by atoms with Crippen molar-refractivity contribution in [3.05, 3.63) is 29.8 Å². The highest BCUT2D eigenvalue weighted by atomic mass is 16.4. The number of rotatable bonds is 8. The molecule has 0 bridgehead atoms. The molecule has 1 rings (SSSR count). The second-order valence-corrected chi connectivity index (χ2v) is 5.87. The normalized spacial score (nSPS) is 11.2. The monoisotopic (exact) mass is 291 g/mol. The quantitative estimate of drug-likeness (QED) is 0.712. The summed E-state index contributed by atoms with van der Waals surface area (Å²) in [5.74, 6) is -0.855. The minimum Gasteiger partial charge on any atom is -0.481 e. The molecule has 0 spiro atoms. The van der Waals surface area contributed by atoms with Crippen LogP contribution in [0.1, 0.15) is 58.4 Å². The van der Waals surface area contributed by atoms with Crippen molar-refractivity contribution in [2.45, 2.75) is 58.3 Å². The van der Waals surface area contributed by atoms with Crippen LogP contribution in [0.25, 0.3) is 0 Å². The zero-order valence-corrected chi connectivity index (χ0v) is 13.1. The number of carboxylic acids is 1. The van der Waals surface area contributed by atoms with Crippen molar-refractivity contribution >= 4 is 17.6 Å². The fourth-order valence-corrected chi connectivity index (χ4v) is 2.03. The maximum absolute atomic E-state index is 11.8. The Balaban J connectivity index is 2.55. The summed E-state index contributed by atoms with van der Waals surface area (Å²) in [5.41, 5.74) is 0.499. The van der Waals surface area contributed by atoms with Crippen molar-refractivity contribution in [2.24, 2.45) is 0 Å². The minimum atomic E-state index is -0.928. The average molecular weight is 291 g/mol. The van der Waals surface area contributed by atoms with Crippen LogP contribution in [-0.2, 0) is 15.0 Å². The first-order valence-electron chi connectivity index (χ1n) is 7.51. The van der Waals surface area contributed by atoms with Gasteiger partial charge < -0.3 is 10.4 Å². The molecule has 116 valence electrons. The predicted octanol–water partition coefficient (Wildman–Crippen LogP) is 3.96. The Morgan fingerprint density at radius 3 is 2.24 bits per heavy atom. The number of anilines is 1. The Kier molecular flexibility index (Phi) is 6.40. The standard InChI is InChI=1S/C17H25NO3/c1-4-5-6-7-8-15(19)18-14-11-9-13(10-12-14)17(2,3)16(20)21/h9-12H,4-8H2,1-3H3,(H,18,19)(H,20,21). The number of hydrogen-bond donors (Lipinski definition) is 2. The molecule has 0 aromatic heterocycles. The van der Waals surface area contributed by atoms with Crippen molar-refractivity contribution in [3.8, 4) is 0 Å². The van der Waals surface area contributed by atoms with Gasteiger partial charge in [-0.1, -0.05) is 38.3 Å². The van der Waals surface area contributed by atoms with Crippen molar-refractivity contribution in [3.63, 3.8) is 0 Å². The summed E-state index contributed by atoms with van der Waals surface area (Å²) in [7, 11) is 0. The summed E-state index contributed by atoms with van der Waals surface area (Å²) < 4.78 is 0. The summed E-state index contributed by atoms with van der Waals surface area (Å²) in [6.07, 6.45) is 4.83. The van der Waals surface area contributed by atoms with E-state index < -0.39 is 11.4 Å². The fraction of sp³-hybridized carbons (Fsp3) is 0.529. The average Bonchev–Trinajstić information content (AvgIpc) is 2.44. The third-order valence-corrected chi connectivity index (χ3v) is 3.68. The maximum atomic E-state index is 11.8. The van der Waals surface area contributed by atoms with Crippen LogP contribution in [0.4, 0.5) is 5.69 Å². The number of hydrogen-bond acceptors (Lipinski definition) is 2. The van der Waals surface area contributed by atoms with Gasteiger partial charge >= 0.3 is 5.97 Å². The molecule has 2 N–H and O–H groups in total.